The van der Waals surface area contributed by atoms with Gasteiger partial charge in [-0.2, -0.15) is 4.98 Å². The van der Waals surface area contributed by atoms with Crippen molar-refractivity contribution in [2.45, 2.75) is 6.92 Å². The Morgan fingerprint density at radius 1 is 1.25 bits per heavy atom. The lowest BCUT2D eigenvalue weighted by Gasteiger charge is -2.26. The lowest BCUT2D eigenvalue weighted by atomic mass is 10.2. The summed E-state index contributed by atoms with van der Waals surface area (Å²) in [6.45, 7) is 7.46. The number of aromatic nitrogens is 2. The molecule has 2 N–H and O–H groups in total. The van der Waals surface area contributed by atoms with Crippen LogP contribution < -0.4 is 10.6 Å². The number of aryl methyl sites for hydroxylation is 1. The van der Waals surface area contributed by atoms with E-state index < -0.39 is 0 Å². The highest BCUT2D eigenvalue weighted by Gasteiger charge is 2.09. The molecule has 1 aliphatic rings. The Morgan fingerprint density at radius 2 is 2.08 bits per heavy atom. The molecule has 2 heterocycles. The molecule has 1 aromatic heterocycles. The SMILES string of the molecule is Cc1ccc(Cl)cc1Nc1nccc(NCCN2CCOCC2)n1. The number of nitrogens with zero attached hydrogens (tertiary/aromatic N) is 3. The van der Waals surface area contributed by atoms with E-state index in [1.54, 1.807) is 6.20 Å². The summed E-state index contributed by atoms with van der Waals surface area (Å²) in [7, 11) is 0. The summed E-state index contributed by atoms with van der Waals surface area (Å²) in [5, 5.41) is 7.25. The largest absolute Gasteiger partial charge is 0.379 e. The lowest BCUT2D eigenvalue weighted by molar-refractivity contribution is 0.0398. The first-order valence-corrected chi connectivity index (χ1v) is 8.49. The van der Waals surface area contributed by atoms with Crippen molar-refractivity contribution in [1.29, 1.82) is 0 Å². The minimum atomic E-state index is 0.553. The van der Waals surface area contributed by atoms with Gasteiger partial charge in [-0.1, -0.05) is 17.7 Å². The van der Waals surface area contributed by atoms with E-state index in [1.807, 2.05) is 31.2 Å². The Bertz CT molecular complexity index is 676. The quantitative estimate of drug-likeness (QED) is 0.837. The van der Waals surface area contributed by atoms with Crippen molar-refractivity contribution in [2.24, 2.45) is 0 Å². The van der Waals surface area contributed by atoms with Crippen LogP contribution in [0.4, 0.5) is 17.5 Å². The summed E-state index contributed by atoms with van der Waals surface area (Å²) in [5.74, 6) is 1.36. The van der Waals surface area contributed by atoms with Gasteiger partial charge in [-0.05, 0) is 30.7 Å². The van der Waals surface area contributed by atoms with E-state index in [9.17, 15) is 0 Å². The Balaban J connectivity index is 1.56. The van der Waals surface area contributed by atoms with Gasteiger partial charge >= 0.3 is 0 Å². The highest BCUT2D eigenvalue weighted by atomic mass is 35.5. The van der Waals surface area contributed by atoms with Crippen LogP contribution in [0.25, 0.3) is 0 Å². The van der Waals surface area contributed by atoms with Crippen LogP contribution in [0.5, 0.6) is 0 Å². The average Bonchev–Trinajstić information content (AvgIpc) is 2.60. The molecule has 1 fully saturated rings. The first kappa shape index (κ1) is 17.0. The lowest BCUT2D eigenvalue weighted by Crippen LogP contribution is -2.39. The van der Waals surface area contributed by atoms with Crippen molar-refractivity contribution < 1.29 is 4.74 Å². The number of ether oxygens (including phenoxy) is 1. The average molecular weight is 348 g/mol. The molecular formula is C17H22ClN5O. The molecule has 3 rings (SSSR count). The molecule has 0 saturated carbocycles. The van der Waals surface area contributed by atoms with E-state index in [2.05, 4.69) is 25.5 Å². The van der Waals surface area contributed by atoms with Crippen LogP contribution in [-0.4, -0.2) is 54.3 Å². The van der Waals surface area contributed by atoms with Gasteiger partial charge in [0.1, 0.15) is 5.82 Å². The third-order valence-corrected chi connectivity index (χ3v) is 4.17. The highest BCUT2D eigenvalue weighted by molar-refractivity contribution is 6.30. The molecule has 6 nitrogen and oxygen atoms in total. The Labute approximate surface area is 147 Å². The maximum absolute atomic E-state index is 6.05. The second-order valence-electron chi connectivity index (χ2n) is 5.73. The predicted molar refractivity (Wildman–Crippen MR) is 97.3 cm³/mol. The Kier molecular flexibility index (Phi) is 5.85. The van der Waals surface area contributed by atoms with Crippen LogP contribution in [-0.2, 0) is 4.74 Å². The molecule has 0 spiro atoms. The van der Waals surface area contributed by atoms with Gasteiger partial charge in [-0.3, -0.25) is 4.90 Å². The summed E-state index contributed by atoms with van der Waals surface area (Å²) >= 11 is 6.05. The molecule has 7 heteroatoms. The molecule has 0 aliphatic carbocycles. The van der Waals surface area contributed by atoms with E-state index in [0.717, 1.165) is 56.5 Å². The molecule has 1 aromatic carbocycles. The van der Waals surface area contributed by atoms with Crippen LogP contribution in [0.1, 0.15) is 5.56 Å². The number of halogens is 1. The number of anilines is 3. The van der Waals surface area contributed by atoms with Gasteiger partial charge in [-0.15, -0.1) is 0 Å². The molecular weight excluding hydrogens is 326 g/mol. The van der Waals surface area contributed by atoms with Gasteiger partial charge in [0.25, 0.3) is 0 Å². The van der Waals surface area contributed by atoms with Crippen LogP contribution in [0.2, 0.25) is 5.02 Å². The minimum Gasteiger partial charge on any atom is -0.379 e. The zero-order valence-electron chi connectivity index (χ0n) is 13.8. The number of nitrogens with one attached hydrogen (secondary N) is 2. The first-order valence-electron chi connectivity index (χ1n) is 8.11. The second-order valence-corrected chi connectivity index (χ2v) is 6.17. The van der Waals surface area contributed by atoms with Crippen molar-refractivity contribution in [3.8, 4) is 0 Å². The predicted octanol–water partition coefficient (Wildman–Crippen LogP) is 2.93. The van der Waals surface area contributed by atoms with E-state index in [-0.39, 0.29) is 0 Å². The monoisotopic (exact) mass is 347 g/mol. The van der Waals surface area contributed by atoms with Crippen LogP contribution in [0, 0.1) is 6.92 Å². The molecule has 0 unspecified atom stereocenters. The summed E-state index contributed by atoms with van der Waals surface area (Å²) < 4.78 is 5.35. The van der Waals surface area contributed by atoms with Crippen molar-refractivity contribution >= 4 is 29.1 Å². The number of morpholine rings is 1. The molecule has 24 heavy (non-hydrogen) atoms. The fourth-order valence-corrected chi connectivity index (χ4v) is 2.71. The molecule has 128 valence electrons. The number of hydrogen-bond donors (Lipinski definition) is 2. The van der Waals surface area contributed by atoms with Crippen LogP contribution in [0.3, 0.4) is 0 Å². The highest BCUT2D eigenvalue weighted by Crippen LogP contribution is 2.22. The minimum absolute atomic E-state index is 0.553. The molecule has 0 atom stereocenters. The fourth-order valence-electron chi connectivity index (χ4n) is 2.53. The normalized spacial score (nSPS) is 15.2. The van der Waals surface area contributed by atoms with Crippen molar-refractivity contribution in [3.63, 3.8) is 0 Å². The topological polar surface area (TPSA) is 62.3 Å². The number of rotatable bonds is 6. The molecule has 0 radical (unpaired) electrons. The summed E-state index contributed by atoms with van der Waals surface area (Å²) in [4.78, 5) is 11.2. The third-order valence-electron chi connectivity index (χ3n) is 3.94. The molecule has 0 bridgehead atoms. The third kappa shape index (κ3) is 4.80. The van der Waals surface area contributed by atoms with Crippen molar-refractivity contribution in [3.05, 3.63) is 41.0 Å². The molecule has 2 aromatic rings. The van der Waals surface area contributed by atoms with Crippen LogP contribution >= 0.6 is 11.6 Å². The molecule has 0 amide bonds. The maximum Gasteiger partial charge on any atom is 0.229 e. The van der Waals surface area contributed by atoms with E-state index in [4.69, 9.17) is 16.3 Å². The van der Waals surface area contributed by atoms with Gasteiger partial charge in [-0.25, -0.2) is 4.98 Å². The standard InChI is InChI=1S/C17H22ClN5O/c1-13-2-3-14(18)12-15(13)21-17-20-5-4-16(22-17)19-6-7-23-8-10-24-11-9-23/h2-5,12H,6-11H2,1H3,(H2,19,20,21,22). The molecule has 1 saturated heterocycles. The summed E-state index contributed by atoms with van der Waals surface area (Å²) in [5.41, 5.74) is 2.00. The van der Waals surface area contributed by atoms with Gasteiger partial charge in [0, 0.05) is 43.1 Å². The van der Waals surface area contributed by atoms with Gasteiger partial charge in [0.15, 0.2) is 0 Å². The summed E-state index contributed by atoms with van der Waals surface area (Å²) in [6.07, 6.45) is 1.74. The van der Waals surface area contributed by atoms with Crippen molar-refractivity contribution in [1.82, 2.24) is 14.9 Å². The van der Waals surface area contributed by atoms with Gasteiger partial charge < -0.3 is 15.4 Å². The Morgan fingerprint density at radius 3 is 2.92 bits per heavy atom. The van der Waals surface area contributed by atoms with Gasteiger partial charge in [0.05, 0.1) is 13.2 Å². The van der Waals surface area contributed by atoms with Gasteiger partial charge in [0.2, 0.25) is 5.95 Å². The maximum atomic E-state index is 6.05. The Hall–Kier alpha value is -1.89. The summed E-state index contributed by atoms with van der Waals surface area (Å²) in [6, 6.07) is 7.58. The van der Waals surface area contributed by atoms with E-state index in [0.29, 0.717) is 11.0 Å². The van der Waals surface area contributed by atoms with Crippen molar-refractivity contribution in [2.75, 3.05) is 50.0 Å². The second kappa shape index (κ2) is 8.28. The first-order chi connectivity index (χ1) is 11.7. The zero-order valence-corrected chi connectivity index (χ0v) is 14.5. The van der Waals surface area contributed by atoms with Crippen LogP contribution in [0.15, 0.2) is 30.5 Å². The van der Waals surface area contributed by atoms with E-state index in [1.165, 1.54) is 0 Å². The number of hydrogen-bond acceptors (Lipinski definition) is 6. The number of benzene rings is 1. The molecule has 1 aliphatic heterocycles. The zero-order chi connectivity index (χ0) is 16.8. The fraction of sp³-hybridized carbons (Fsp3) is 0.412. The van der Waals surface area contributed by atoms with E-state index >= 15 is 0 Å². The smallest absolute Gasteiger partial charge is 0.229 e.